The molecule has 1 aliphatic heterocycles. The van der Waals surface area contributed by atoms with Crippen molar-refractivity contribution in [2.24, 2.45) is 0 Å². The number of hydrogen-bond donors (Lipinski definition) is 2. The number of thioether (sulfide) groups is 1. The van der Waals surface area contributed by atoms with Crippen molar-refractivity contribution in [3.63, 3.8) is 0 Å². The summed E-state index contributed by atoms with van der Waals surface area (Å²) in [6, 6.07) is 12.8. The lowest BCUT2D eigenvalue weighted by atomic mass is 9.98. The number of benzene rings is 2. The van der Waals surface area contributed by atoms with Crippen molar-refractivity contribution in [3.8, 4) is 11.1 Å². The first-order valence-electron chi connectivity index (χ1n) is 10.9. The second-order valence-corrected chi connectivity index (χ2v) is 9.26. The number of nitrogens with one attached hydrogen (secondary N) is 1. The lowest BCUT2D eigenvalue weighted by Crippen LogP contribution is -2.57. The van der Waals surface area contributed by atoms with Crippen LogP contribution in [-0.2, 0) is 14.3 Å². The number of aliphatic carboxylic acids is 1. The molecule has 1 saturated heterocycles. The van der Waals surface area contributed by atoms with Crippen LogP contribution in [0.1, 0.15) is 23.5 Å². The van der Waals surface area contributed by atoms with E-state index in [4.69, 9.17) is 4.74 Å². The molecule has 7 nitrogen and oxygen atoms in total. The number of carbonyl (C=O) groups excluding carboxylic acids is 2. The molecule has 1 fully saturated rings. The second kappa shape index (κ2) is 10.4. The predicted molar refractivity (Wildman–Crippen MR) is 123 cm³/mol. The molecule has 10 heteroatoms. The van der Waals surface area contributed by atoms with Gasteiger partial charge in [0, 0.05) is 30.4 Å². The number of alkyl halides is 2. The molecular formula is C24H24F2N2O5S. The zero-order valence-corrected chi connectivity index (χ0v) is 19.0. The van der Waals surface area contributed by atoms with Crippen LogP contribution in [0.5, 0.6) is 0 Å². The Kier molecular flexibility index (Phi) is 7.35. The maximum atomic E-state index is 13.2. The Labute approximate surface area is 199 Å². The van der Waals surface area contributed by atoms with E-state index in [0.717, 1.165) is 27.2 Å². The number of ether oxygens (including phenoxy) is 1. The van der Waals surface area contributed by atoms with Gasteiger partial charge < -0.3 is 20.1 Å². The summed E-state index contributed by atoms with van der Waals surface area (Å²) in [5.74, 6) is -1.63. The van der Waals surface area contributed by atoms with Gasteiger partial charge in [0.2, 0.25) is 12.3 Å². The van der Waals surface area contributed by atoms with Crippen LogP contribution < -0.4 is 5.32 Å². The molecule has 2 N–H and O–H groups in total. The van der Waals surface area contributed by atoms with Crippen molar-refractivity contribution >= 4 is 29.7 Å². The Hall–Kier alpha value is -3.14. The highest BCUT2D eigenvalue weighted by Gasteiger charge is 2.38. The van der Waals surface area contributed by atoms with E-state index in [1.54, 1.807) is 0 Å². The van der Waals surface area contributed by atoms with Gasteiger partial charge in [0.1, 0.15) is 18.7 Å². The highest BCUT2D eigenvalue weighted by Crippen LogP contribution is 2.44. The number of carboxylic acid groups (broad SMARTS) is 1. The Morgan fingerprint density at radius 3 is 2.29 bits per heavy atom. The molecule has 2 aromatic carbocycles. The Bertz CT molecular complexity index is 1040. The molecule has 180 valence electrons. The molecule has 0 radical (unpaired) electrons. The fraction of sp³-hybridized carbons (Fsp3) is 0.375. The van der Waals surface area contributed by atoms with Crippen LogP contribution in [0.4, 0.5) is 13.6 Å². The Balaban J connectivity index is 1.45. The minimum absolute atomic E-state index is 0.0342. The summed E-state index contributed by atoms with van der Waals surface area (Å²) in [5, 5.41) is 11.6. The van der Waals surface area contributed by atoms with Gasteiger partial charge in [-0.25, -0.2) is 18.4 Å². The molecule has 4 rings (SSSR count). The number of carbonyl (C=O) groups is 3. The third kappa shape index (κ3) is 5.01. The standard InChI is InChI=1S/C24H24F2N2O5S/c25-21(26)11-19(22(29)28-9-10-34-13-20(28)23(30)31)27-24(32)33-12-18-16-7-3-1-5-14(16)15-6-2-4-8-17(15)18/h1-8,18-21H,9-13H2,(H,27,32)(H,30,31). The lowest BCUT2D eigenvalue weighted by molar-refractivity contribution is -0.150. The van der Waals surface area contributed by atoms with Crippen LogP contribution >= 0.6 is 11.8 Å². The molecule has 2 atom stereocenters. The predicted octanol–water partition coefficient (Wildman–Crippen LogP) is 3.58. The molecule has 1 aliphatic carbocycles. The number of alkyl carbamates (subject to hydrolysis) is 1. The van der Waals surface area contributed by atoms with Crippen LogP contribution in [0.25, 0.3) is 11.1 Å². The van der Waals surface area contributed by atoms with Crippen molar-refractivity contribution in [3.05, 3.63) is 59.7 Å². The summed E-state index contributed by atoms with van der Waals surface area (Å²) in [4.78, 5) is 38.0. The van der Waals surface area contributed by atoms with Gasteiger partial charge in [-0.05, 0) is 22.3 Å². The first kappa shape index (κ1) is 24.0. The topological polar surface area (TPSA) is 95.9 Å². The van der Waals surface area contributed by atoms with Crippen LogP contribution in [0.3, 0.4) is 0 Å². The van der Waals surface area contributed by atoms with E-state index in [-0.39, 0.29) is 24.8 Å². The maximum Gasteiger partial charge on any atom is 0.407 e. The monoisotopic (exact) mass is 490 g/mol. The van der Waals surface area contributed by atoms with Gasteiger partial charge >= 0.3 is 12.1 Å². The molecule has 0 spiro atoms. The highest BCUT2D eigenvalue weighted by atomic mass is 32.2. The second-order valence-electron chi connectivity index (χ2n) is 8.11. The number of carboxylic acids is 1. The molecule has 2 aromatic rings. The van der Waals surface area contributed by atoms with Gasteiger partial charge in [0.05, 0.1) is 0 Å². The van der Waals surface area contributed by atoms with Gasteiger partial charge in [0.25, 0.3) is 0 Å². The van der Waals surface area contributed by atoms with E-state index in [9.17, 15) is 28.3 Å². The number of halogens is 2. The van der Waals surface area contributed by atoms with Crippen molar-refractivity contribution in [2.45, 2.75) is 30.8 Å². The molecule has 0 bridgehead atoms. The fourth-order valence-electron chi connectivity index (χ4n) is 4.45. The van der Waals surface area contributed by atoms with E-state index in [0.29, 0.717) is 5.75 Å². The van der Waals surface area contributed by atoms with Crippen LogP contribution in [0, 0.1) is 0 Å². The van der Waals surface area contributed by atoms with E-state index >= 15 is 0 Å². The minimum Gasteiger partial charge on any atom is -0.480 e. The summed E-state index contributed by atoms with van der Waals surface area (Å²) in [5.41, 5.74) is 4.07. The zero-order chi connectivity index (χ0) is 24.2. The van der Waals surface area contributed by atoms with Crippen molar-refractivity contribution in [2.75, 3.05) is 24.7 Å². The minimum atomic E-state index is -2.87. The van der Waals surface area contributed by atoms with Gasteiger partial charge in [-0.3, -0.25) is 4.79 Å². The van der Waals surface area contributed by atoms with Crippen LogP contribution in [-0.4, -0.2) is 71.1 Å². The average molecular weight is 491 g/mol. The summed E-state index contributed by atoms with van der Waals surface area (Å²) < 4.78 is 31.8. The number of fused-ring (bicyclic) bond motifs is 3. The van der Waals surface area contributed by atoms with Gasteiger partial charge in [-0.1, -0.05) is 48.5 Å². The largest absolute Gasteiger partial charge is 0.480 e. The Morgan fingerprint density at radius 1 is 1.09 bits per heavy atom. The Morgan fingerprint density at radius 2 is 1.71 bits per heavy atom. The van der Waals surface area contributed by atoms with E-state index in [2.05, 4.69) is 5.32 Å². The first-order valence-corrected chi connectivity index (χ1v) is 12.0. The summed E-state index contributed by atoms with van der Waals surface area (Å²) >= 11 is 1.37. The molecule has 0 aromatic heterocycles. The molecule has 2 amide bonds. The average Bonchev–Trinajstić information content (AvgIpc) is 3.15. The lowest BCUT2D eigenvalue weighted by Gasteiger charge is -2.35. The molecule has 2 aliphatic rings. The molecule has 1 heterocycles. The number of nitrogens with zero attached hydrogens (tertiary/aromatic N) is 1. The van der Waals surface area contributed by atoms with E-state index in [1.807, 2.05) is 48.5 Å². The van der Waals surface area contributed by atoms with Crippen molar-refractivity contribution < 1.29 is 33.0 Å². The first-order chi connectivity index (χ1) is 16.4. The molecule has 2 unspecified atom stereocenters. The van der Waals surface area contributed by atoms with Crippen LogP contribution in [0.15, 0.2) is 48.5 Å². The van der Waals surface area contributed by atoms with Crippen molar-refractivity contribution in [1.29, 1.82) is 0 Å². The zero-order valence-electron chi connectivity index (χ0n) is 18.2. The highest BCUT2D eigenvalue weighted by molar-refractivity contribution is 7.99. The third-order valence-corrected chi connectivity index (χ3v) is 7.07. The van der Waals surface area contributed by atoms with Gasteiger partial charge in [-0.15, -0.1) is 0 Å². The third-order valence-electron chi connectivity index (χ3n) is 6.04. The number of hydrogen-bond acceptors (Lipinski definition) is 5. The summed E-state index contributed by atoms with van der Waals surface area (Å²) in [6.45, 7) is 0.0696. The summed E-state index contributed by atoms with van der Waals surface area (Å²) in [7, 11) is 0. The SMILES string of the molecule is O=C(NC(CC(F)F)C(=O)N1CCSCC1C(=O)O)OCC1c2ccccc2-c2ccccc21. The maximum absolute atomic E-state index is 13.2. The van der Waals surface area contributed by atoms with E-state index < -0.39 is 42.9 Å². The summed E-state index contributed by atoms with van der Waals surface area (Å²) in [6.07, 6.45) is -4.80. The fourth-order valence-corrected chi connectivity index (χ4v) is 5.49. The van der Waals surface area contributed by atoms with Gasteiger partial charge in [-0.2, -0.15) is 11.8 Å². The smallest absolute Gasteiger partial charge is 0.407 e. The van der Waals surface area contributed by atoms with Crippen LogP contribution in [0.2, 0.25) is 0 Å². The van der Waals surface area contributed by atoms with E-state index in [1.165, 1.54) is 11.8 Å². The molecule has 0 saturated carbocycles. The number of rotatable bonds is 7. The van der Waals surface area contributed by atoms with Gasteiger partial charge in [0.15, 0.2) is 0 Å². The molecular weight excluding hydrogens is 466 g/mol. The number of amides is 2. The van der Waals surface area contributed by atoms with Crippen molar-refractivity contribution in [1.82, 2.24) is 10.2 Å². The normalized spacial score (nSPS) is 18.2. The molecule has 34 heavy (non-hydrogen) atoms. The quantitative estimate of drug-likeness (QED) is 0.616.